The molecule has 1 heterocycles. The van der Waals surface area contributed by atoms with Gasteiger partial charge in [0, 0.05) is 23.3 Å². The van der Waals surface area contributed by atoms with Gasteiger partial charge < -0.3 is 10.3 Å². The highest BCUT2D eigenvalue weighted by Gasteiger charge is 2.05. The van der Waals surface area contributed by atoms with Gasteiger partial charge in [-0.05, 0) is 46.8 Å². The van der Waals surface area contributed by atoms with Gasteiger partial charge in [0.15, 0.2) is 0 Å². The smallest absolute Gasteiger partial charge is 0.224 e. The van der Waals surface area contributed by atoms with Gasteiger partial charge in [-0.15, -0.1) is 0 Å². The maximum Gasteiger partial charge on any atom is 0.224 e. The summed E-state index contributed by atoms with van der Waals surface area (Å²) >= 11 is 5.92. The zero-order chi connectivity index (χ0) is 14.7. The summed E-state index contributed by atoms with van der Waals surface area (Å²) < 4.78 is 0. The largest absolute Gasteiger partial charge is 0.361 e. The Morgan fingerprint density at radius 3 is 2.86 bits per heavy atom. The highest BCUT2D eigenvalue weighted by Crippen LogP contribution is 2.15. The molecule has 3 rings (SSSR count). The number of H-pyrrole nitrogens is 1. The van der Waals surface area contributed by atoms with Crippen molar-refractivity contribution in [2.24, 2.45) is 0 Å². The van der Waals surface area contributed by atoms with Crippen molar-refractivity contribution in [2.45, 2.75) is 13.0 Å². The van der Waals surface area contributed by atoms with Crippen LogP contribution in [0.25, 0.3) is 10.9 Å². The monoisotopic (exact) mass is 298 g/mol. The molecule has 0 fully saturated rings. The van der Waals surface area contributed by atoms with E-state index in [0.29, 0.717) is 18.0 Å². The summed E-state index contributed by atoms with van der Waals surface area (Å²) in [6, 6.07) is 15.5. The van der Waals surface area contributed by atoms with E-state index in [1.165, 1.54) is 0 Å². The number of rotatable bonds is 4. The standard InChI is InChI=1S/C17H15ClN2O/c18-15-3-1-2-13(9-15)11-20-17(21)10-12-4-5-16-14(8-12)6-7-19-16/h1-9,19H,10-11H2,(H,20,21). The lowest BCUT2D eigenvalue weighted by atomic mass is 10.1. The first-order valence-corrected chi connectivity index (χ1v) is 7.16. The molecule has 106 valence electrons. The fourth-order valence-corrected chi connectivity index (χ4v) is 2.52. The van der Waals surface area contributed by atoms with Crippen LogP contribution in [0.3, 0.4) is 0 Å². The Morgan fingerprint density at radius 1 is 1.10 bits per heavy atom. The molecule has 1 amide bonds. The number of nitrogens with one attached hydrogen (secondary N) is 2. The van der Waals surface area contributed by atoms with E-state index in [-0.39, 0.29) is 5.91 Å². The minimum absolute atomic E-state index is 0.00450. The van der Waals surface area contributed by atoms with Crippen LogP contribution in [0, 0.1) is 0 Å². The van der Waals surface area contributed by atoms with Crippen LogP contribution in [0.4, 0.5) is 0 Å². The normalized spacial score (nSPS) is 10.7. The highest BCUT2D eigenvalue weighted by atomic mass is 35.5. The first-order chi connectivity index (χ1) is 10.2. The average Bonchev–Trinajstić information content (AvgIpc) is 2.93. The van der Waals surface area contributed by atoms with Crippen molar-refractivity contribution in [3.05, 3.63) is 70.9 Å². The lowest BCUT2D eigenvalue weighted by Crippen LogP contribution is -2.24. The van der Waals surface area contributed by atoms with Crippen molar-refractivity contribution in [3.63, 3.8) is 0 Å². The maximum absolute atomic E-state index is 12.0. The Hall–Kier alpha value is -2.26. The van der Waals surface area contributed by atoms with Crippen LogP contribution in [0.5, 0.6) is 0 Å². The number of benzene rings is 2. The first kappa shape index (κ1) is 13.7. The summed E-state index contributed by atoms with van der Waals surface area (Å²) in [5, 5.41) is 4.71. The molecule has 3 nitrogen and oxygen atoms in total. The van der Waals surface area contributed by atoms with E-state index >= 15 is 0 Å². The van der Waals surface area contributed by atoms with Crippen LogP contribution in [-0.2, 0) is 17.8 Å². The maximum atomic E-state index is 12.0. The molecule has 0 atom stereocenters. The number of amides is 1. The molecule has 2 aromatic carbocycles. The summed E-state index contributed by atoms with van der Waals surface area (Å²) in [5.74, 6) is 0.00450. The van der Waals surface area contributed by atoms with Crippen LogP contribution in [0.15, 0.2) is 54.7 Å². The summed E-state index contributed by atoms with van der Waals surface area (Å²) in [6.45, 7) is 0.492. The Balaban J connectivity index is 1.60. The second kappa shape index (κ2) is 6.02. The summed E-state index contributed by atoms with van der Waals surface area (Å²) in [4.78, 5) is 15.1. The lowest BCUT2D eigenvalue weighted by molar-refractivity contribution is -0.120. The van der Waals surface area contributed by atoms with Gasteiger partial charge in [-0.2, -0.15) is 0 Å². The van der Waals surface area contributed by atoms with E-state index in [1.807, 2.05) is 54.7 Å². The van der Waals surface area contributed by atoms with Crippen molar-refractivity contribution < 1.29 is 4.79 Å². The minimum atomic E-state index is 0.00450. The number of aromatic nitrogens is 1. The van der Waals surface area contributed by atoms with Crippen LogP contribution < -0.4 is 5.32 Å². The molecule has 3 aromatic rings. The third-order valence-corrected chi connectivity index (χ3v) is 3.60. The third kappa shape index (κ3) is 3.44. The molecule has 0 radical (unpaired) electrons. The van der Waals surface area contributed by atoms with Crippen molar-refractivity contribution in [2.75, 3.05) is 0 Å². The van der Waals surface area contributed by atoms with E-state index in [4.69, 9.17) is 11.6 Å². The molecule has 0 saturated heterocycles. The topological polar surface area (TPSA) is 44.9 Å². The van der Waals surface area contributed by atoms with Gasteiger partial charge in [0.05, 0.1) is 6.42 Å². The van der Waals surface area contributed by atoms with Gasteiger partial charge >= 0.3 is 0 Å². The lowest BCUT2D eigenvalue weighted by Gasteiger charge is -2.06. The summed E-state index contributed by atoms with van der Waals surface area (Å²) in [7, 11) is 0. The van der Waals surface area contributed by atoms with Crippen molar-refractivity contribution in [1.82, 2.24) is 10.3 Å². The molecule has 0 aliphatic carbocycles. The van der Waals surface area contributed by atoms with E-state index in [0.717, 1.165) is 22.0 Å². The zero-order valence-electron chi connectivity index (χ0n) is 11.4. The van der Waals surface area contributed by atoms with E-state index < -0.39 is 0 Å². The fraction of sp³-hybridized carbons (Fsp3) is 0.118. The van der Waals surface area contributed by atoms with Gasteiger partial charge in [-0.25, -0.2) is 0 Å². The molecule has 0 unspecified atom stereocenters. The van der Waals surface area contributed by atoms with Gasteiger partial charge in [0.2, 0.25) is 5.91 Å². The first-order valence-electron chi connectivity index (χ1n) is 6.78. The predicted molar refractivity (Wildman–Crippen MR) is 85.3 cm³/mol. The van der Waals surface area contributed by atoms with E-state index in [1.54, 1.807) is 0 Å². The number of halogens is 1. The number of hydrogen-bond donors (Lipinski definition) is 2. The minimum Gasteiger partial charge on any atom is -0.361 e. The van der Waals surface area contributed by atoms with Crippen LogP contribution in [-0.4, -0.2) is 10.9 Å². The fourth-order valence-electron chi connectivity index (χ4n) is 2.31. The Labute approximate surface area is 127 Å². The molecule has 21 heavy (non-hydrogen) atoms. The molecule has 2 N–H and O–H groups in total. The van der Waals surface area contributed by atoms with Gasteiger partial charge in [0.25, 0.3) is 0 Å². The molecule has 0 bridgehead atoms. The number of hydrogen-bond acceptors (Lipinski definition) is 1. The van der Waals surface area contributed by atoms with Gasteiger partial charge in [0.1, 0.15) is 0 Å². The van der Waals surface area contributed by atoms with Crippen molar-refractivity contribution >= 4 is 28.4 Å². The molecule has 0 aliphatic heterocycles. The third-order valence-electron chi connectivity index (χ3n) is 3.36. The zero-order valence-corrected chi connectivity index (χ0v) is 12.2. The van der Waals surface area contributed by atoms with Gasteiger partial charge in [-0.3, -0.25) is 4.79 Å². The Kier molecular flexibility index (Phi) is 3.93. The molecule has 0 saturated carbocycles. The predicted octanol–water partition coefficient (Wildman–Crippen LogP) is 3.68. The molecule has 1 aromatic heterocycles. The average molecular weight is 299 g/mol. The van der Waals surface area contributed by atoms with Gasteiger partial charge in [-0.1, -0.05) is 29.8 Å². The van der Waals surface area contributed by atoms with E-state index in [2.05, 4.69) is 10.3 Å². The van der Waals surface area contributed by atoms with Crippen LogP contribution in [0.1, 0.15) is 11.1 Å². The molecular weight excluding hydrogens is 284 g/mol. The number of carbonyl (C=O) groups is 1. The quantitative estimate of drug-likeness (QED) is 0.758. The van der Waals surface area contributed by atoms with Crippen molar-refractivity contribution in [3.8, 4) is 0 Å². The summed E-state index contributed by atoms with van der Waals surface area (Å²) in [6.07, 6.45) is 2.27. The molecule has 4 heteroatoms. The molecule has 0 aliphatic rings. The molecular formula is C17H15ClN2O. The van der Waals surface area contributed by atoms with Crippen LogP contribution in [0.2, 0.25) is 5.02 Å². The second-order valence-corrected chi connectivity index (χ2v) is 5.42. The summed E-state index contributed by atoms with van der Waals surface area (Å²) in [5.41, 5.74) is 3.08. The van der Waals surface area contributed by atoms with Crippen LogP contribution >= 0.6 is 11.6 Å². The number of aromatic amines is 1. The van der Waals surface area contributed by atoms with Crippen molar-refractivity contribution in [1.29, 1.82) is 0 Å². The highest BCUT2D eigenvalue weighted by molar-refractivity contribution is 6.30. The Morgan fingerprint density at radius 2 is 2.00 bits per heavy atom. The van der Waals surface area contributed by atoms with E-state index in [9.17, 15) is 4.79 Å². The second-order valence-electron chi connectivity index (χ2n) is 4.98. The number of carbonyl (C=O) groups excluding carboxylic acids is 1. The number of fused-ring (bicyclic) bond motifs is 1. The SMILES string of the molecule is O=C(Cc1ccc2[nH]ccc2c1)NCc1cccc(Cl)c1. The molecule has 0 spiro atoms. The Bertz CT molecular complexity index is 779.